The summed E-state index contributed by atoms with van der Waals surface area (Å²) in [4.78, 5) is 0. The standard InChI is InChI=1S/C6H5BF2O2/c8-4-1-2-5(7(10)11)6(9)3-4/h1-3,10-11H/i1D,2D,3D. The zero-order valence-electron chi connectivity index (χ0n) is 8.23. The van der Waals surface area contributed by atoms with Crippen LogP contribution < -0.4 is 5.46 Å². The van der Waals surface area contributed by atoms with Crippen LogP contribution in [0.15, 0.2) is 18.1 Å². The van der Waals surface area contributed by atoms with Gasteiger partial charge in [0.25, 0.3) is 0 Å². The lowest BCUT2D eigenvalue weighted by Gasteiger charge is -1.99. The van der Waals surface area contributed by atoms with E-state index < -0.39 is 42.3 Å². The van der Waals surface area contributed by atoms with E-state index in [-0.39, 0.29) is 0 Å². The Morgan fingerprint density at radius 3 is 2.55 bits per heavy atom. The van der Waals surface area contributed by atoms with Crippen molar-refractivity contribution in [3.05, 3.63) is 29.8 Å². The van der Waals surface area contributed by atoms with E-state index in [1.807, 2.05) is 0 Å². The first-order chi connectivity index (χ1) is 6.37. The van der Waals surface area contributed by atoms with E-state index in [1.54, 1.807) is 0 Å². The van der Waals surface area contributed by atoms with Gasteiger partial charge in [-0.25, -0.2) is 8.78 Å². The number of hydrogen-bond donors (Lipinski definition) is 2. The van der Waals surface area contributed by atoms with E-state index in [1.165, 1.54) is 0 Å². The fourth-order valence-electron chi connectivity index (χ4n) is 0.550. The van der Waals surface area contributed by atoms with Gasteiger partial charge in [-0.05, 0) is 6.04 Å². The number of halogens is 2. The fourth-order valence-corrected chi connectivity index (χ4v) is 0.550. The summed E-state index contributed by atoms with van der Waals surface area (Å²) < 4.78 is 46.6. The van der Waals surface area contributed by atoms with Gasteiger partial charge < -0.3 is 10.0 Å². The predicted octanol–water partition coefficient (Wildman–Crippen LogP) is -0.355. The molecule has 0 unspecified atom stereocenters. The lowest BCUT2D eigenvalue weighted by molar-refractivity contribution is 0.422. The van der Waals surface area contributed by atoms with Crippen molar-refractivity contribution in [3.8, 4) is 0 Å². The van der Waals surface area contributed by atoms with Crippen molar-refractivity contribution in [1.82, 2.24) is 0 Å². The van der Waals surface area contributed by atoms with Gasteiger partial charge in [-0.1, -0.05) is 6.04 Å². The van der Waals surface area contributed by atoms with E-state index in [0.29, 0.717) is 0 Å². The number of benzene rings is 1. The highest BCUT2D eigenvalue weighted by Crippen LogP contribution is 1.99. The van der Waals surface area contributed by atoms with Crippen LogP contribution in [0.4, 0.5) is 8.78 Å². The molecule has 0 aromatic heterocycles. The second kappa shape index (κ2) is 2.98. The summed E-state index contributed by atoms with van der Waals surface area (Å²) >= 11 is 0. The second-order valence-corrected chi connectivity index (χ2v) is 1.79. The molecule has 0 fully saturated rings. The van der Waals surface area contributed by atoms with E-state index in [9.17, 15) is 8.78 Å². The van der Waals surface area contributed by atoms with Crippen molar-refractivity contribution in [3.63, 3.8) is 0 Å². The molecule has 1 rings (SSSR count). The van der Waals surface area contributed by atoms with Crippen molar-refractivity contribution in [2.75, 3.05) is 0 Å². The van der Waals surface area contributed by atoms with Crippen LogP contribution in [-0.2, 0) is 0 Å². The Balaban J connectivity index is 3.60. The highest BCUT2D eigenvalue weighted by atomic mass is 19.1. The maximum atomic E-state index is 13.0. The SMILES string of the molecule is [2H]c1c([2H])c(B(O)O)c(F)c([2H])c1F. The third-order valence-electron chi connectivity index (χ3n) is 1.02. The lowest BCUT2D eigenvalue weighted by atomic mass is 9.80. The molecule has 0 amide bonds. The average molecular weight is 161 g/mol. The summed E-state index contributed by atoms with van der Waals surface area (Å²) in [6.07, 6.45) is 0. The predicted molar refractivity (Wildman–Crippen MR) is 36.2 cm³/mol. The fraction of sp³-hybridized carbons (Fsp3) is 0. The molecule has 2 N–H and O–H groups in total. The first kappa shape index (κ1) is 4.85. The summed E-state index contributed by atoms with van der Waals surface area (Å²) in [5, 5.41) is 17.3. The summed E-state index contributed by atoms with van der Waals surface area (Å²) in [6.45, 7) is 0. The quantitative estimate of drug-likeness (QED) is 0.552. The van der Waals surface area contributed by atoms with Gasteiger partial charge in [0.2, 0.25) is 0 Å². The Kier molecular flexibility index (Phi) is 1.31. The molecule has 58 valence electrons. The largest absolute Gasteiger partial charge is 0.491 e. The first-order valence-electron chi connectivity index (χ1n) is 4.18. The Morgan fingerprint density at radius 2 is 2.00 bits per heavy atom. The van der Waals surface area contributed by atoms with Crippen molar-refractivity contribution in [2.24, 2.45) is 0 Å². The summed E-state index contributed by atoms with van der Waals surface area (Å²) in [7, 11) is -2.34. The van der Waals surface area contributed by atoms with E-state index in [4.69, 9.17) is 14.2 Å². The maximum absolute atomic E-state index is 13.0. The van der Waals surface area contributed by atoms with Crippen LogP contribution in [0.25, 0.3) is 0 Å². The molecule has 0 spiro atoms. The van der Waals surface area contributed by atoms with E-state index in [2.05, 4.69) is 0 Å². The molecular weight excluding hydrogens is 153 g/mol. The maximum Gasteiger partial charge on any atom is 0.491 e. The molecule has 11 heavy (non-hydrogen) atoms. The van der Waals surface area contributed by atoms with Crippen LogP contribution in [0.3, 0.4) is 0 Å². The van der Waals surface area contributed by atoms with Crippen molar-refractivity contribution in [2.45, 2.75) is 0 Å². The third kappa shape index (κ3) is 1.75. The van der Waals surface area contributed by atoms with Crippen molar-refractivity contribution < 1.29 is 22.9 Å². The second-order valence-electron chi connectivity index (χ2n) is 1.79. The zero-order chi connectivity index (χ0) is 11.0. The van der Waals surface area contributed by atoms with E-state index in [0.717, 1.165) is 0 Å². The summed E-state index contributed by atoms with van der Waals surface area (Å²) in [6, 6.07) is -3.24. The minimum atomic E-state index is -2.34. The van der Waals surface area contributed by atoms with E-state index >= 15 is 0 Å². The molecular formula is C6H5BF2O2. The van der Waals surface area contributed by atoms with Gasteiger partial charge >= 0.3 is 7.12 Å². The van der Waals surface area contributed by atoms with Crippen LogP contribution in [-0.4, -0.2) is 17.2 Å². The smallest absolute Gasteiger partial charge is 0.423 e. The molecule has 0 aliphatic carbocycles. The molecule has 0 saturated carbocycles. The Morgan fingerprint density at radius 1 is 1.36 bits per heavy atom. The minimum absolute atomic E-state index is 0.957. The Labute approximate surface area is 66.5 Å². The van der Waals surface area contributed by atoms with Crippen LogP contribution in [0.5, 0.6) is 0 Å². The molecule has 0 bridgehead atoms. The van der Waals surface area contributed by atoms with Crippen LogP contribution in [0, 0.1) is 11.6 Å². The van der Waals surface area contributed by atoms with Gasteiger partial charge in [-0.15, -0.1) is 0 Å². The molecule has 5 heteroatoms. The molecule has 1 aromatic rings. The zero-order valence-corrected chi connectivity index (χ0v) is 5.23. The molecule has 0 saturated heterocycles. The lowest BCUT2D eigenvalue weighted by Crippen LogP contribution is -2.32. The summed E-state index contributed by atoms with van der Waals surface area (Å²) in [5.41, 5.74) is -0.957. The first-order valence-corrected chi connectivity index (χ1v) is 2.68. The molecule has 1 aromatic carbocycles. The number of hydrogen-bond acceptors (Lipinski definition) is 2. The molecule has 0 aliphatic heterocycles. The topological polar surface area (TPSA) is 40.5 Å². The third-order valence-corrected chi connectivity index (χ3v) is 1.02. The van der Waals surface area contributed by atoms with Gasteiger partial charge in [0.1, 0.15) is 11.6 Å². The van der Waals surface area contributed by atoms with Gasteiger partial charge in [0.15, 0.2) is 0 Å². The molecule has 0 radical (unpaired) electrons. The molecule has 0 atom stereocenters. The Hall–Kier alpha value is -0.935. The Bertz CT molecular complexity index is 357. The summed E-state index contributed by atoms with van der Waals surface area (Å²) in [5.74, 6) is -3.02. The highest BCUT2D eigenvalue weighted by Gasteiger charge is 2.15. The van der Waals surface area contributed by atoms with Crippen LogP contribution >= 0.6 is 0 Å². The monoisotopic (exact) mass is 161 g/mol. The van der Waals surface area contributed by atoms with Crippen LogP contribution in [0.2, 0.25) is 0 Å². The molecule has 2 nitrogen and oxygen atoms in total. The number of rotatable bonds is 1. The highest BCUT2D eigenvalue weighted by molar-refractivity contribution is 6.58. The van der Waals surface area contributed by atoms with Crippen LogP contribution in [0.1, 0.15) is 4.11 Å². The minimum Gasteiger partial charge on any atom is -0.423 e. The van der Waals surface area contributed by atoms with Gasteiger partial charge in [-0.2, -0.15) is 0 Å². The van der Waals surface area contributed by atoms with Gasteiger partial charge in [-0.3, -0.25) is 0 Å². The van der Waals surface area contributed by atoms with Gasteiger partial charge in [0.05, 0.1) is 4.11 Å². The average Bonchev–Trinajstić information content (AvgIpc) is 2.11. The van der Waals surface area contributed by atoms with Gasteiger partial charge in [0, 0.05) is 11.5 Å². The molecule has 0 heterocycles. The molecule has 0 aliphatic rings. The van der Waals surface area contributed by atoms with Crippen molar-refractivity contribution >= 4 is 12.6 Å². The van der Waals surface area contributed by atoms with Crippen molar-refractivity contribution in [1.29, 1.82) is 0 Å². The normalized spacial score (nSPS) is 13.6.